The van der Waals surface area contributed by atoms with E-state index in [2.05, 4.69) is 20.9 Å². The molecule has 0 amide bonds. The van der Waals surface area contributed by atoms with Gasteiger partial charge in [0.2, 0.25) is 0 Å². The summed E-state index contributed by atoms with van der Waals surface area (Å²) < 4.78 is 64.7. The van der Waals surface area contributed by atoms with Gasteiger partial charge in [-0.25, -0.2) is 19.3 Å². The number of alkyl halides is 2. The Hall–Kier alpha value is -2.76. The Morgan fingerprint density at radius 2 is 1.94 bits per heavy atom. The molecule has 7 nitrogen and oxygen atoms in total. The molecule has 1 atom stereocenters. The summed E-state index contributed by atoms with van der Waals surface area (Å²) in [5.74, 6) is -6.31. The fraction of sp³-hybridized carbons (Fsp3) is 0.478. The fourth-order valence-corrected chi connectivity index (χ4v) is 3.15. The van der Waals surface area contributed by atoms with Crippen LogP contribution in [0.3, 0.4) is 0 Å². The molecule has 0 aliphatic heterocycles. The van der Waals surface area contributed by atoms with E-state index in [1.165, 1.54) is 17.3 Å². The maximum Gasteiger partial charge on any atom is 0.323 e. The smallest absolute Gasteiger partial charge is 0.323 e. The molecule has 0 bridgehead atoms. The Bertz CT molecular complexity index is 941. The number of rotatable bonds is 13. The second-order valence-corrected chi connectivity index (χ2v) is 8.27. The van der Waals surface area contributed by atoms with Gasteiger partial charge in [-0.2, -0.15) is 13.9 Å². The third-order valence-electron chi connectivity index (χ3n) is 4.88. The van der Waals surface area contributed by atoms with Crippen LogP contribution in [0, 0.1) is 11.6 Å². The van der Waals surface area contributed by atoms with Gasteiger partial charge in [0.15, 0.2) is 5.60 Å². The van der Waals surface area contributed by atoms with E-state index in [4.69, 9.17) is 4.74 Å². The zero-order valence-corrected chi connectivity index (χ0v) is 19.7. The highest BCUT2D eigenvalue weighted by atomic mass is 19.3. The summed E-state index contributed by atoms with van der Waals surface area (Å²) in [5.41, 5.74) is -1.41. The van der Waals surface area contributed by atoms with Crippen LogP contribution in [-0.2, 0) is 22.7 Å². The molecule has 0 saturated carbocycles. The number of hydrogen-bond donors (Lipinski definition) is 3. The average Bonchev–Trinajstić information content (AvgIpc) is 2.76. The predicted octanol–water partition coefficient (Wildman–Crippen LogP) is 3.30. The Morgan fingerprint density at radius 3 is 2.53 bits per heavy atom. The molecule has 0 fully saturated rings. The summed E-state index contributed by atoms with van der Waals surface area (Å²) in [6, 6.07) is 4.60. The molecule has 0 aliphatic rings. The number of benzene rings is 1. The fourth-order valence-electron chi connectivity index (χ4n) is 3.15. The van der Waals surface area contributed by atoms with Crippen molar-refractivity contribution >= 4 is 6.34 Å². The van der Waals surface area contributed by atoms with Gasteiger partial charge < -0.3 is 15.2 Å². The summed E-state index contributed by atoms with van der Waals surface area (Å²) in [6.45, 7) is 3.53. The second-order valence-electron chi connectivity index (χ2n) is 8.27. The summed E-state index contributed by atoms with van der Waals surface area (Å²) >= 11 is 0. The van der Waals surface area contributed by atoms with Gasteiger partial charge in [-0.1, -0.05) is 6.07 Å². The standard InChI is InChI=1S/C23H31F4N5O2/c1-16(2)34-11-5-6-17-7-10-21(29-13-17)23(26,27)22(33,14-28-15-30-31-32(3)4)19-9-8-18(24)12-20(19)25/h7-10,12-13,15-16,31,33H,5-6,11,14H2,1-4H3,(H,28,30). The second kappa shape index (κ2) is 12.1. The first kappa shape index (κ1) is 27.5. The number of ether oxygens (including phenoxy) is 1. The van der Waals surface area contributed by atoms with E-state index < -0.39 is 41.0 Å². The molecule has 0 aliphatic carbocycles. The molecule has 188 valence electrons. The lowest BCUT2D eigenvalue weighted by Gasteiger charge is -2.36. The van der Waals surface area contributed by atoms with Gasteiger partial charge in [-0.05, 0) is 50.5 Å². The predicted molar refractivity (Wildman–Crippen MR) is 121 cm³/mol. The quantitative estimate of drug-likeness (QED) is 0.133. The molecule has 1 aromatic heterocycles. The van der Waals surface area contributed by atoms with Gasteiger partial charge in [0, 0.05) is 38.5 Å². The number of hydrogen-bond acceptors (Lipinski definition) is 6. The molecule has 0 saturated heterocycles. The van der Waals surface area contributed by atoms with Crippen molar-refractivity contribution in [2.24, 2.45) is 5.10 Å². The molecule has 1 aromatic carbocycles. The van der Waals surface area contributed by atoms with Crippen molar-refractivity contribution in [3.05, 3.63) is 65.0 Å². The molecule has 2 aromatic rings. The van der Waals surface area contributed by atoms with E-state index >= 15 is 8.78 Å². The van der Waals surface area contributed by atoms with Crippen molar-refractivity contribution in [3.63, 3.8) is 0 Å². The lowest BCUT2D eigenvalue weighted by molar-refractivity contribution is -0.195. The Balaban J connectivity index is 2.29. The minimum Gasteiger partial charge on any atom is -0.379 e. The topological polar surface area (TPSA) is 82.0 Å². The van der Waals surface area contributed by atoms with E-state index in [9.17, 15) is 13.9 Å². The minimum absolute atomic E-state index is 0.0982. The van der Waals surface area contributed by atoms with Gasteiger partial charge >= 0.3 is 5.92 Å². The molecule has 1 unspecified atom stereocenters. The van der Waals surface area contributed by atoms with Crippen LogP contribution in [0.15, 0.2) is 41.6 Å². The third kappa shape index (κ3) is 7.12. The molecule has 0 radical (unpaired) electrons. The Labute approximate surface area is 196 Å². The van der Waals surface area contributed by atoms with Crippen molar-refractivity contribution in [2.45, 2.75) is 44.3 Å². The summed E-state index contributed by atoms with van der Waals surface area (Å²) in [4.78, 5) is 3.84. The van der Waals surface area contributed by atoms with E-state index in [1.54, 1.807) is 14.1 Å². The number of hydrazone groups is 1. The van der Waals surface area contributed by atoms with Crippen LogP contribution in [0.4, 0.5) is 17.6 Å². The molecule has 0 spiro atoms. The lowest BCUT2D eigenvalue weighted by atomic mass is 9.84. The maximum atomic E-state index is 15.6. The first-order valence-corrected chi connectivity index (χ1v) is 10.8. The highest BCUT2D eigenvalue weighted by molar-refractivity contribution is 5.54. The van der Waals surface area contributed by atoms with Gasteiger partial charge in [0.1, 0.15) is 23.7 Å². The molecular formula is C23H31F4N5O2. The molecule has 1 heterocycles. The van der Waals surface area contributed by atoms with Crippen LogP contribution in [0.2, 0.25) is 0 Å². The number of nitrogens with one attached hydrogen (secondary N) is 2. The highest BCUT2D eigenvalue weighted by Gasteiger charge is 2.57. The monoisotopic (exact) mass is 485 g/mol. The Morgan fingerprint density at radius 1 is 1.21 bits per heavy atom. The summed E-state index contributed by atoms with van der Waals surface area (Å²) in [7, 11) is 3.31. The van der Waals surface area contributed by atoms with Crippen molar-refractivity contribution in [1.82, 2.24) is 20.8 Å². The highest BCUT2D eigenvalue weighted by Crippen LogP contribution is 2.45. The van der Waals surface area contributed by atoms with Crippen LogP contribution in [0.1, 0.15) is 37.1 Å². The van der Waals surface area contributed by atoms with Crippen molar-refractivity contribution in [3.8, 4) is 0 Å². The van der Waals surface area contributed by atoms with Gasteiger partial charge in [0.25, 0.3) is 0 Å². The zero-order valence-electron chi connectivity index (χ0n) is 19.7. The van der Waals surface area contributed by atoms with Crippen LogP contribution in [-0.4, -0.2) is 54.8 Å². The largest absolute Gasteiger partial charge is 0.379 e. The van der Waals surface area contributed by atoms with E-state index in [-0.39, 0.29) is 6.10 Å². The molecule has 34 heavy (non-hydrogen) atoms. The van der Waals surface area contributed by atoms with Crippen LogP contribution in [0.5, 0.6) is 0 Å². The first-order valence-electron chi connectivity index (χ1n) is 10.8. The molecule has 2 rings (SSSR count). The van der Waals surface area contributed by atoms with Gasteiger partial charge in [0.05, 0.1) is 12.6 Å². The average molecular weight is 486 g/mol. The van der Waals surface area contributed by atoms with E-state index in [1.807, 2.05) is 13.8 Å². The third-order valence-corrected chi connectivity index (χ3v) is 4.88. The number of aromatic nitrogens is 1. The molecule has 11 heteroatoms. The number of nitrogens with zero attached hydrogens (tertiary/aromatic N) is 3. The first-order chi connectivity index (χ1) is 16.0. The van der Waals surface area contributed by atoms with Crippen LogP contribution >= 0.6 is 0 Å². The molecule has 3 N–H and O–H groups in total. The zero-order chi connectivity index (χ0) is 25.4. The maximum absolute atomic E-state index is 15.6. The van der Waals surface area contributed by atoms with E-state index in [0.717, 1.165) is 24.5 Å². The SMILES string of the molecule is CC(C)OCCCc1ccc(C(F)(F)C(O)(CN/C=N\NN(C)C)c2ccc(F)cc2F)nc1. The Kier molecular flexibility index (Phi) is 9.77. The van der Waals surface area contributed by atoms with E-state index in [0.29, 0.717) is 31.1 Å². The normalized spacial score (nSPS) is 14.1. The van der Waals surface area contributed by atoms with Crippen molar-refractivity contribution < 1.29 is 27.4 Å². The number of hydrazine groups is 1. The van der Waals surface area contributed by atoms with Crippen molar-refractivity contribution in [1.29, 1.82) is 0 Å². The summed E-state index contributed by atoms with van der Waals surface area (Å²) in [6.07, 6.45) is 3.68. The van der Waals surface area contributed by atoms with Crippen molar-refractivity contribution in [2.75, 3.05) is 27.2 Å². The number of aliphatic hydroxyl groups is 1. The number of pyridine rings is 1. The van der Waals surface area contributed by atoms with Gasteiger partial charge in [-0.15, -0.1) is 0 Å². The van der Waals surface area contributed by atoms with Gasteiger partial charge in [-0.3, -0.25) is 4.98 Å². The lowest BCUT2D eigenvalue weighted by Crippen LogP contribution is -2.51. The number of halogens is 4. The van der Waals surface area contributed by atoms with Crippen LogP contribution in [0.25, 0.3) is 0 Å². The molecular weight excluding hydrogens is 454 g/mol. The minimum atomic E-state index is -4.04. The van der Waals surface area contributed by atoms with Crippen LogP contribution < -0.4 is 10.9 Å². The summed E-state index contributed by atoms with van der Waals surface area (Å²) in [5, 5.41) is 18.8. The number of aryl methyl sites for hydroxylation is 1.